The molecule has 1 fully saturated rings. The maximum Gasteiger partial charge on any atom is 0.219 e. The van der Waals surface area contributed by atoms with E-state index in [2.05, 4.69) is 26.1 Å². The van der Waals surface area contributed by atoms with Crippen LogP contribution in [0, 0.1) is 0 Å². The molecule has 1 saturated heterocycles. The van der Waals surface area contributed by atoms with Gasteiger partial charge in [0.05, 0.1) is 10.6 Å². The summed E-state index contributed by atoms with van der Waals surface area (Å²) in [5.41, 5.74) is 0. The Morgan fingerprint density at radius 1 is 1.35 bits per heavy atom. The van der Waals surface area contributed by atoms with Gasteiger partial charge >= 0.3 is 0 Å². The molecule has 0 saturated carbocycles. The molecular formula is C16H23BrN2O3S. The molecule has 23 heavy (non-hydrogen) atoms. The van der Waals surface area contributed by atoms with Crippen LogP contribution in [0.25, 0.3) is 0 Å². The van der Waals surface area contributed by atoms with E-state index in [-0.39, 0.29) is 17.7 Å². The van der Waals surface area contributed by atoms with Gasteiger partial charge in [-0.25, -0.2) is 8.42 Å². The van der Waals surface area contributed by atoms with E-state index < -0.39 is 9.84 Å². The minimum atomic E-state index is -3.27. The van der Waals surface area contributed by atoms with Crippen molar-refractivity contribution in [3.05, 3.63) is 28.7 Å². The van der Waals surface area contributed by atoms with Gasteiger partial charge in [-0.2, -0.15) is 0 Å². The fourth-order valence-corrected chi connectivity index (χ4v) is 4.26. The van der Waals surface area contributed by atoms with Gasteiger partial charge in [-0.1, -0.05) is 22.9 Å². The topological polar surface area (TPSA) is 66.5 Å². The first kappa shape index (κ1) is 18.4. The Kier molecular flexibility index (Phi) is 6.61. The van der Waals surface area contributed by atoms with Crippen LogP contribution in [0.4, 0.5) is 0 Å². The predicted octanol–water partition coefficient (Wildman–Crippen LogP) is 2.21. The molecular weight excluding hydrogens is 380 g/mol. The second-order valence-electron chi connectivity index (χ2n) is 5.83. The number of halogens is 1. The van der Waals surface area contributed by atoms with Gasteiger partial charge in [-0.15, -0.1) is 0 Å². The molecule has 0 spiro atoms. The highest BCUT2D eigenvalue weighted by atomic mass is 79.9. The number of hydrogen-bond acceptors (Lipinski definition) is 4. The van der Waals surface area contributed by atoms with Crippen molar-refractivity contribution >= 4 is 31.7 Å². The summed E-state index contributed by atoms with van der Waals surface area (Å²) < 4.78 is 25.6. The third kappa shape index (κ3) is 5.58. The summed E-state index contributed by atoms with van der Waals surface area (Å²) in [5, 5.41) is 3.00. The first-order chi connectivity index (χ1) is 10.9. The number of hydrogen-bond donors (Lipinski definition) is 1. The average Bonchev–Trinajstić information content (AvgIpc) is 2.54. The highest BCUT2D eigenvalue weighted by molar-refractivity contribution is 9.10. The molecule has 1 aromatic carbocycles. The number of amides is 1. The molecule has 0 aliphatic carbocycles. The summed E-state index contributed by atoms with van der Waals surface area (Å²) in [5.74, 6) is 0.155. The lowest BCUT2D eigenvalue weighted by atomic mass is 10.1. The zero-order valence-electron chi connectivity index (χ0n) is 13.3. The molecule has 1 aliphatic rings. The molecule has 5 nitrogen and oxygen atoms in total. The number of nitrogens with one attached hydrogen (secondary N) is 1. The summed E-state index contributed by atoms with van der Waals surface area (Å²) in [6.07, 6.45) is 2.42. The Balaban J connectivity index is 1.89. The molecule has 1 atom stereocenters. The van der Waals surface area contributed by atoms with Crippen molar-refractivity contribution < 1.29 is 13.2 Å². The predicted molar refractivity (Wildman–Crippen MR) is 94.1 cm³/mol. The Hall–Kier alpha value is -0.920. The third-order valence-electron chi connectivity index (χ3n) is 4.04. The summed E-state index contributed by atoms with van der Waals surface area (Å²) in [7, 11) is -3.27. The van der Waals surface area contributed by atoms with E-state index in [1.54, 1.807) is 24.3 Å². The molecule has 7 heteroatoms. The van der Waals surface area contributed by atoms with Gasteiger partial charge in [0.1, 0.15) is 0 Å². The molecule has 0 aromatic heterocycles. The van der Waals surface area contributed by atoms with Crippen molar-refractivity contribution in [2.24, 2.45) is 0 Å². The van der Waals surface area contributed by atoms with Crippen molar-refractivity contribution in [2.75, 3.05) is 25.4 Å². The number of nitrogens with zero attached hydrogens (tertiary/aromatic N) is 1. The molecule has 0 radical (unpaired) electrons. The van der Waals surface area contributed by atoms with E-state index in [1.165, 1.54) is 0 Å². The molecule has 0 bridgehead atoms. The largest absolute Gasteiger partial charge is 0.352 e. The van der Waals surface area contributed by atoms with Gasteiger partial charge < -0.3 is 10.2 Å². The van der Waals surface area contributed by atoms with Crippen molar-refractivity contribution in [1.82, 2.24) is 10.2 Å². The molecule has 128 valence electrons. The van der Waals surface area contributed by atoms with Crippen molar-refractivity contribution in [2.45, 2.75) is 37.1 Å². The number of benzene rings is 1. The average molecular weight is 403 g/mol. The standard InChI is InChI=1S/C16H23BrN2O3S/c1-2-16(20)18-14-4-3-9-19(12-14)10-11-23(21,22)15-7-5-13(17)6-8-15/h5-8,14H,2-4,9-12H2,1H3,(H,18,20)/t14-/m1/s1. The lowest BCUT2D eigenvalue weighted by Gasteiger charge is -2.33. The summed E-state index contributed by atoms with van der Waals surface area (Å²) >= 11 is 3.31. The van der Waals surface area contributed by atoms with Crippen LogP contribution < -0.4 is 5.32 Å². The van der Waals surface area contributed by atoms with Crippen LogP contribution in [0.2, 0.25) is 0 Å². The van der Waals surface area contributed by atoms with Crippen molar-refractivity contribution in [3.63, 3.8) is 0 Å². The molecule has 2 rings (SSSR count). The van der Waals surface area contributed by atoms with Crippen LogP contribution >= 0.6 is 15.9 Å². The Morgan fingerprint density at radius 3 is 2.70 bits per heavy atom. The van der Waals surface area contributed by atoms with E-state index >= 15 is 0 Å². The molecule has 1 heterocycles. The Bertz CT molecular complexity index is 631. The zero-order valence-corrected chi connectivity index (χ0v) is 15.7. The van der Waals surface area contributed by atoms with Crippen LogP contribution in [-0.4, -0.2) is 50.7 Å². The maximum absolute atomic E-state index is 12.4. The number of carbonyl (C=O) groups is 1. The van der Waals surface area contributed by atoms with E-state index in [0.717, 1.165) is 30.4 Å². The van der Waals surface area contributed by atoms with Crippen molar-refractivity contribution in [1.29, 1.82) is 0 Å². The Labute approximate surface area is 146 Å². The number of carbonyl (C=O) groups excluding carboxylic acids is 1. The number of sulfone groups is 1. The zero-order chi connectivity index (χ0) is 16.9. The quantitative estimate of drug-likeness (QED) is 0.791. The Morgan fingerprint density at radius 2 is 2.04 bits per heavy atom. The highest BCUT2D eigenvalue weighted by Gasteiger charge is 2.23. The maximum atomic E-state index is 12.4. The summed E-state index contributed by atoms with van der Waals surface area (Å²) in [4.78, 5) is 14.0. The highest BCUT2D eigenvalue weighted by Crippen LogP contribution is 2.17. The molecule has 1 aromatic rings. The second kappa shape index (κ2) is 8.26. The van der Waals surface area contributed by atoms with Gasteiger partial charge in [-0.05, 0) is 43.7 Å². The first-order valence-electron chi connectivity index (χ1n) is 7.91. The summed E-state index contributed by atoms with van der Waals surface area (Å²) in [6, 6.07) is 6.86. The smallest absolute Gasteiger partial charge is 0.219 e. The van der Waals surface area contributed by atoms with Gasteiger partial charge in [0.2, 0.25) is 5.91 Å². The normalized spacial score (nSPS) is 19.5. The van der Waals surface area contributed by atoms with Gasteiger partial charge in [0.25, 0.3) is 0 Å². The summed E-state index contributed by atoms with van der Waals surface area (Å²) in [6.45, 7) is 3.94. The third-order valence-corrected chi connectivity index (χ3v) is 6.28. The minimum Gasteiger partial charge on any atom is -0.352 e. The van der Waals surface area contributed by atoms with Crippen LogP contribution in [0.5, 0.6) is 0 Å². The fraction of sp³-hybridized carbons (Fsp3) is 0.562. The van der Waals surface area contributed by atoms with Gasteiger partial charge in [0.15, 0.2) is 9.84 Å². The van der Waals surface area contributed by atoms with Crippen LogP contribution in [-0.2, 0) is 14.6 Å². The molecule has 1 amide bonds. The first-order valence-corrected chi connectivity index (χ1v) is 10.4. The SMILES string of the molecule is CCC(=O)N[C@@H]1CCCN(CCS(=O)(=O)c2ccc(Br)cc2)C1. The van der Waals surface area contributed by atoms with E-state index in [9.17, 15) is 13.2 Å². The van der Waals surface area contributed by atoms with Crippen LogP contribution in [0.1, 0.15) is 26.2 Å². The van der Waals surface area contributed by atoms with Crippen LogP contribution in [0.15, 0.2) is 33.6 Å². The minimum absolute atomic E-state index is 0.0549. The van der Waals surface area contributed by atoms with E-state index in [0.29, 0.717) is 17.9 Å². The van der Waals surface area contributed by atoms with Gasteiger partial charge in [0, 0.05) is 30.0 Å². The van der Waals surface area contributed by atoms with Crippen LogP contribution in [0.3, 0.4) is 0 Å². The number of piperidine rings is 1. The second-order valence-corrected chi connectivity index (χ2v) is 8.86. The lowest BCUT2D eigenvalue weighted by Crippen LogP contribution is -2.48. The lowest BCUT2D eigenvalue weighted by molar-refractivity contribution is -0.121. The molecule has 1 aliphatic heterocycles. The van der Waals surface area contributed by atoms with Gasteiger partial charge in [-0.3, -0.25) is 4.79 Å². The molecule has 0 unspecified atom stereocenters. The molecule has 1 N–H and O–H groups in total. The number of rotatable bonds is 6. The van der Waals surface area contributed by atoms with E-state index in [1.807, 2.05) is 6.92 Å². The van der Waals surface area contributed by atoms with Crippen molar-refractivity contribution in [3.8, 4) is 0 Å². The van der Waals surface area contributed by atoms with E-state index in [4.69, 9.17) is 0 Å². The number of likely N-dealkylation sites (tertiary alicyclic amines) is 1. The monoisotopic (exact) mass is 402 g/mol. The fourth-order valence-electron chi connectivity index (χ4n) is 2.72.